The van der Waals surface area contributed by atoms with Gasteiger partial charge in [-0.1, -0.05) is 153 Å². The second kappa shape index (κ2) is 26.8. The first-order valence-corrected chi connectivity index (χ1v) is 24.7. The summed E-state index contributed by atoms with van der Waals surface area (Å²) < 4.78 is 0. The third-order valence-electron chi connectivity index (χ3n) is 11.9. The van der Waals surface area contributed by atoms with Gasteiger partial charge in [-0.25, -0.2) is 20.0 Å². The van der Waals surface area contributed by atoms with Crippen molar-refractivity contribution in [3.05, 3.63) is 143 Å². The molecule has 0 spiro atoms. The fourth-order valence-electron chi connectivity index (χ4n) is 7.95. The van der Waals surface area contributed by atoms with Gasteiger partial charge in [0.1, 0.15) is 11.6 Å². The minimum Gasteiger partial charge on any atom is -0.337 e. The Morgan fingerprint density at radius 3 is 0.984 bits per heavy atom. The highest BCUT2D eigenvalue weighted by atomic mass is 15.2. The SMILES string of the molecule is CCCCCCc1ccc(N=C2N/C(=C/C=C3/N=C(Nc4ccc(CCCCCC)cc4)C(=Nc4ccc(CCCCCC)cc4)N3)N=C2Nc2ccc(CCCCCC)cc2)cc1. The van der Waals surface area contributed by atoms with E-state index in [4.69, 9.17) is 20.0 Å². The highest BCUT2D eigenvalue weighted by molar-refractivity contribution is 6.47. The number of aliphatic imine (C=N–C) groups is 4. The van der Waals surface area contributed by atoms with Crippen LogP contribution in [0, 0.1) is 0 Å². The van der Waals surface area contributed by atoms with E-state index in [0.717, 1.165) is 48.4 Å². The van der Waals surface area contributed by atoms with Gasteiger partial charge in [-0.05, 0) is 134 Å². The van der Waals surface area contributed by atoms with Crippen LogP contribution in [0.4, 0.5) is 22.7 Å². The van der Waals surface area contributed by atoms with Gasteiger partial charge in [-0.3, -0.25) is 0 Å². The lowest BCUT2D eigenvalue weighted by atomic mass is 10.1. The maximum Gasteiger partial charge on any atom is 0.176 e. The van der Waals surface area contributed by atoms with Gasteiger partial charge in [0.05, 0.1) is 11.4 Å². The molecule has 0 saturated heterocycles. The summed E-state index contributed by atoms with van der Waals surface area (Å²) in [5, 5.41) is 14.1. The fraction of sp³-hybridized carbons (Fsp3) is 0.429. The quantitative estimate of drug-likeness (QED) is 0.0499. The topological polar surface area (TPSA) is 97.6 Å². The third kappa shape index (κ3) is 16.1. The molecule has 0 aromatic heterocycles. The molecule has 2 heterocycles. The Morgan fingerprint density at radius 2 is 0.688 bits per heavy atom. The summed E-state index contributed by atoms with van der Waals surface area (Å²) in [5.74, 6) is 3.99. The second-order valence-corrected chi connectivity index (χ2v) is 17.4. The molecule has 0 atom stereocenters. The van der Waals surface area contributed by atoms with Crippen molar-refractivity contribution < 1.29 is 0 Å². The number of anilines is 2. The number of amidine groups is 4. The van der Waals surface area contributed by atoms with Gasteiger partial charge in [-0.15, -0.1) is 0 Å². The Labute approximate surface area is 385 Å². The molecule has 2 aliphatic heterocycles. The summed E-state index contributed by atoms with van der Waals surface area (Å²) in [4.78, 5) is 20.1. The van der Waals surface area contributed by atoms with Gasteiger partial charge in [-0.2, -0.15) is 0 Å². The van der Waals surface area contributed by atoms with Crippen LogP contribution in [0.15, 0.2) is 141 Å². The molecule has 6 rings (SSSR count). The van der Waals surface area contributed by atoms with Crippen LogP contribution in [0.5, 0.6) is 0 Å². The summed E-state index contributed by atoms with van der Waals surface area (Å²) in [6.45, 7) is 9.02. The van der Waals surface area contributed by atoms with E-state index in [1.807, 2.05) is 12.2 Å². The zero-order chi connectivity index (χ0) is 44.6. The third-order valence-corrected chi connectivity index (χ3v) is 11.9. The number of nitrogens with one attached hydrogen (secondary N) is 4. The molecule has 4 N–H and O–H groups in total. The average Bonchev–Trinajstić information content (AvgIpc) is 3.89. The van der Waals surface area contributed by atoms with E-state index in [-0.39, 0.29) is 0 Å². The van der Waals surface area contributed by atoms with Crippen molar-refractivity contribution >= 4 is 46.1 Å². The normalized spacial score (nSPS) is 16.1. The van der Waals surface area contributed by atoms with Crippen LogP contribution in [-0.4, -0.2) is 23.3 Å². The fourth-order valence-corrected chi connectivity index (χ4v) is 7.95. The van der Waals surface area contributed by atoms with Crippen LogP contribution in [0.2, 0.25) is 0 Å². The van der Waals surface area contributed by atoms with E-state index in [1.54, 1.807) is 0 Å². The molecule has 0 unspecified atom stereocenters. The molecule has 0 bridgehead atoms. The molecule has 0 amide bonds. The Hall–Kier alpha value is -5.76. The van der Waals surface area contributed by atoms with Crippen LogP contribution in [0.1, 0.15) is 153 Å². The largest absolute Gasteiger partial charge is 0.337 e. The smallest absolute Gasteiger partial charge is 0.176 e. The molecule has 0 saturated carbocycles. The van der Waals surface area contributed by atoms with Gasteiger partial charge >= 0.3 is 0 Å². The summed E-state index contributed by atoms with van der Waals surface area (Å²) in [7, 11) is 0. The number of unbranched alkanes of at least 4 members (excludes halogenated alkanes) is 12. The molecule has 338 valence electrons. The van der Waals surface area contributed by atoms with Gasteiger partial charge in [0.15, 0.2) is 23.3 Å². The van der Waals surface area contributed by atoms with E-state index >= 15 is 0 Å². The van der Waals surface area contributed by atoms with Crippen LogP contribution < -0.4 is 21.3 Å². The van der Waals surface area contributed by atoms with E-state index in [1.165, 1.54) is 125 Å². The first-order chi connectivity index (χ1) is 31.5. The number of hydrogen-bond acceptors (Lipinski definition) is 6. The minimum atomic E-state index is 0.662. The zero-order valence-electron chi connectivity index (χ0n) is 39.3. The van der Waals surface area contributed by atoms with Crippen molar-refractivity contribution in [1.82, 2.24) is 10.6 Å². The summed E-state index contributed by atoms with van der Waals surface area (Å²) in [6, 6.07) is 34.6. The molecular weight excluding hydrogens is 785 g/mol. The zero-order valence-corrected chi connectivity index (χ0v) is 39.3. The molecule has 0 aliphatic carbocycles. The van der Waals surface area contributed by atoms with Crippen molar-refractivity contribution in [2.24, 2.45) is 20.0 Å². The lowest BCUT2D eigenvalue weighted by Gasteiger charge is -2.09. The predicted octanol–water partition coefficient (Wildman–Crippen LogP) is 14.8. The molecular formula is C56H74N8. The molecule has 8 nitrogen and oxygen atoms in total. The Morgan fingerprint density at radius 1 is 0.391 bits per heavy atom. The Kier molecular flexibility index (Phi) is 20.0. The summed E-state index contributed by atoms with van der Waals surface area (Å²) in [5.41, 5.74) is 9.11. The minimum absolute atomic E-state index is 0.662. The molecule has 64 heavy (non-hydrogen) atoms. The Balaban J connectivity index is 1.22. The van der Waals surface area contributed by atoms with Gasteiger partial charge < -0.3 is 21.3 Å². The van der Waals surface area contributed by atoms with E-state index in [0.29, 0.717) is 35.0 Å². The molecule has 0 radical (unpaired) electrons. The van der Waals surface area contributed by atoms with Crippen LogP contribution >= 0.6 is 0 Å². The summed E-state index contributed by atoms with van der Waals surface area (Å²) >= 11 is 0. The maximum atomic E-state index is 5.05. The van der Waals surface area contributed by atoms with Crippen molar-refractivity contribution in [2.75, 3.05) is 10.6 Å². The lowest BCUT2D eigenvalue weighted by molar-refractivity contribution is 0.667. The average molecular weight is 859 g/mol. The van der Waals surface area contributed by atoms with Crippen LogP contribution in [-0.2, 0) is 25.7 Å². The molecule has 4 aromatic rings. The van der Waals surface area contributed by atoms with E-state index < -0.39 is 0 Å². The number of rotatable bonds is 25. The first kappa shape index (κ1) is 47.7. The van der Waals surface area contributed by atoms with Crippen LogP contribution in [0.3, 0.4) is 0 Å². The van der Waals surface area contributed by atoms with E-state index in [2.05, 4.69) is 146 Å². The van der Waals surface area contributed by atoms with Gasteiger partial charge in [0.25, 0.3) is 0 Å². The first-order valence-electron chi connectivity index (χ1n) is 24.7. The Bertz CT molecular complexity index is 2030. The van der Waals surface area contributed by atoms with Crippen molar-refractivity contribution in [2.45, 2.75) is 156 Å². The highest BCUT2D eigenvalue weighted by Crippen LogP contribution is 2.22. The number of hydrogen-bond donors (Lipinski definition) is 4. The predicted molar refractivity (Wildman–Crippen MR) is 276 cm³/mol. The lowest BCUT2D eigenvalue weighted by Crippen LogP contribution is -2.28. The monoisotopic (exact) mass is 859 g/mol. The molecule has 0 fully saturated rings. The van der Waals surface area contributed by atoms with Crippen LogP contribution in [0.25, 0.3) is 0 Å². The number of benzene rings is 4. The van der Waals surface area contributed by atoms with Crippen molar-refractivity contribution in [3.63, 3.8) is 0 Å². The van der Waals surface area contributed by atoms with E-state index in [9.17, 15) is 0 Å². The molecule has 2 aliphatic rings. The molecule has 8 heteroatoms. The van der Waals surface area contributed by atoms with Crippen molar-refractivity contribution in [1.29, 1.82) is 0 Å². The van der Waals surface area contributed by atoms with Gasteiger partial charge in [0.2, 0.25) is 0 Å². The number of aryl methyl sites for hydroxylation is 4. The number of nitrogens with zero attached hydrogens (tertiary/aromatic N) is 4. The molecule has 4 aromatic carbocycles. The summed E-state index contributed by atoms with van der Waals surface area (Å²) in [6.07, 6.45) is 28.4. The van der Waals surface area contributed by atoms with Crippen molar-refractivity contribution in [3.8, 4) is 0 Å². The number of allylic oxidation sites excluding steroid dienone is 2. The standard InChI is InChI=1S/C56H74N8/c1-5-9-13-17-21-43-25-33-47(34-26-43)57-53-54(58-48-35-27-44(28-36-48)22-18-14-10-6-2)62-51(61-53)41-42-52-63-55(59-49-37-29-45(30-38-49)23-19-15-11-7-3)56(64-52)60-50-39-31-46(32-40-50)24-20-16-12-8-4/h25-42H,5-24H2,1-4H3,(H,57,61)(H,58,62)(H,59,63)(H,60,64). The maximum absolute atomic E-state index is 5.05. The second-order valence-electron chi connectivity index (χ2n) is 17.4. The van der Waals surface area contributed by atoms with Gasteiger partial charge in [0, 0.05) is 11.4 Å². The highest BCUT2D eigenvalue weighted by Gasteiger charge is 2.22.